The van der Waals surface area contributed by atoms with Crippen molar-refractivity contribution in [3.05, 3.63) is 70.6 Å². The Bertz CT molecular complexity index is 1080. The number of aryl methyl sites for hydroxylation is 1. The minimum atomic E-state index is -4.52. The molecular weight excluding hydrogens is 419 g/mol. The van der Waals surface area contributed by atoms with Crippen molar-refractivity contribution in [2.75, 3.05) is 10.6 Å². The van der Waals surface area contributed by atoms with Gasteiger partial charge in [-0.05, 0) is 24.6 Å². The number of fused-ring (bicyclic) bond motifs is 1. The van der Waals surface area contributed by atoms with Crippen molar-refractivity contribution in [1.82, 2.24) is 14.8 Å². The summed E-state index contributed by atoms with van der Waals surface area (Å²) in [4.78, 5) is 16.4. The van der Waals surface area contributed by atoms with Crippen LogP contribution in [0.4, 0.5) is 24.7 Å². The van der Waals surface area contributed by atoms with Crippen LogP contribution in [0.5, 0.6) is 0 Å². The number of benzene rings is 1. The lowest BCUT2D eigenvalue weighted by atomic mass is 9.96. The van der Waals surface area contributed by atoms with Crippen LogP contribution in [-0.2, 0) is 0 Å². The fraction of sp³-hybridized carbons (Fsp3) is 0.250. The molecule has 1 aromatic carbocycles. The van der Waals surface area contributed by atoms with E-state index in [9.17, 15) is 18.0 Å². The quantitative estimate of drug-likeness (QED) is 0.558. The zero-order valence-corrected chi connectivity index (χ0v) is 16.5. The molecule has 10 heteroatoms. The first kappa shape index (κ1) is 20.2. The standard InChI is InChI=1S/C20H17ClF3N5O/c1-11-4-6-12(7-5-11)14-9-16(20(22,23)24)29-17(26-14)10-15(28-29)19(30)27-13-3-2-8-25-18(13)21/h2-8,10,14,16,26H,9H2,1H3,(H,27,30)/t14-,16-/m0/s1. The first-order chi connectivity index (χ1) is 14.2. The number of nitrogens with zero attached hydrogens (tertiary/aromatic N) is 3. The lowest BCUT2D eigenvalue weighted by Gasteiger charge is -2.33. The number of hydrogen-bond donors (Lipinski definition) is 2. The van der Waals surface area contributed by atoms with Crippen molar-refractivity contribution in [3.63, 3.8) is 0 Å². The zero-order chi connectivity index (χ0) is 21.5. The molecular formula is C20H17ClF3N5O. The van der Waals surface area contributed by atoms with Crippen LogP contribution in [0, 0.1) is 6.92 Å². The topological polar surface area (TPSA) is 71.8 Å². The molecule has 3 aromatic rings. The molecule has 2 N–H and O–H groups in total. The molecule has 1 amide bonds. The number of aromatic nitrogens is 3. The number of rotatable bonds is 3. The van der Waals surface area contributed by atoms with E-state index in [-0.39, 0.29) is 28.8 Å². The number of carbonyl (C=O) groups is 1. The molecule has 0 saturated heterocycles. The molecule has 0 spiro atoms. The second-order valence-electron chi connectivity index (χ2n) is 7.06. The number of carbonyl (C=O) groups excluding carboxylic acids is 1. The number of amides is 1. The van der Waals surface area contributed by atoms with E-state index in [1.165, 1.54) is 18.3 Å². The van der Waals surface area contributed by atoms with Crippen molar-refractivity contribution < 1.29 is 18.0 Å². The minimum Gasteiger partial charge on any atom is -0.363 e. The second-order valence-corrected chi connectivity index (χ2v) is 7.41. The number of hydrogen-bond acceptors (Lipinski definition) is 4. The van der Waals surface area contributed by atoms with Crippen LogP contribution >= 0.6 is 11.6 Å². The van der Waals surface area contributed by atoms with Gasteiger partial charge in [-0.15, -0.1) is 0 Å². The van der Waals surface area contributed by atoms with E-state index in [4.69, 9.17) is 11.6 Å². The van der Waals surface area contributed by atoms with E-state index in [2.05, 4.69) is 20.7 Å². The number of halogens is 4. The maximum atomic E-state index is 13.8. The average Bonchev–Trinajstić information content (AvgIpc) is 3.13. The molecule has 0 saturated carbocycles. The lowest BCUT2D eigenvalue weighted by molar-refractivity contribution is -0.173. The Labute approximate surface area is 175 Å². The van der Waals surface area contributed by atoms with Gasteiger partial charge in [-0.2, -0.15) is 18.3 Å². The zero-order valence-electron chi connectivity index (χ0n) is 15.7. The van der Waals surface area contributed by atoms with E-state index in [1.54, 1.807) is 18.2 Å². The Kier molecular flexibility index (Phi) is 5.15. The van der Waals surface area contributed by atoms with Gasteiger partial charge in [-0.25, -0.2) is 9.67 Å². The number of pyridine rings is 1. The average molecular weight is 436 g/mol. The molecule has 1 aliphatic heterocycles. The summed E-state index contributed by atoms with van der Waals surface area (Å²) in [7, 11) is 0. The lowest BCUT2D eigenvalue weighted by Crippen LogP contribution is -2.35. The van der Waals surface area contributed by atoms with Crippen LogP contribution in [0.2, 0.25) is 5.15 Å². The van der Waals surface area contributed by atoms with Crippen molar-refractivity contribution >= 4 is 29.0 Å². The van der Waals surface area contributed by atoms with Crippen LogP contribution in [0.1, 0.15) is 40.1 Å². The fourth-order valence-electron chi connectivity index (χ4n) is 3.37. The van der Waals surface area contributed by atoms with Crippen LogP contribution in [0.3, 0.4) is 0 Å². The maximum Gasteiger partial charge on any atom is 0.410 e. The Morgan fingerprint density at radius 3 is 2.67 bits per heavy atom. The van der Waals surface area contributed by atoms with Crippen LogP contribution < -0.4 is 10.6 Å². The minimum absolute atomic E-state index is 0.0700. The van der Waals surface area contributed by atoms with Gasteiger partial charge in [0.05, 0.1) is 11.7 Å². The molecule has 2 aromatic heterocycles. The summed E-state index contributed by atoms with van der Waals surface area (Å²) in [5.74, 6) is -0.557. The van der Waals surface area contributed by atoms with E-state index in [0.717, 1.165) is 15.8 Å². The van der Waals surface area contributed by atoms with Crippen molar-refractivity contribution in [3.8, 4) is 0 Å². The second kappa shape index (κ2) is 7.64. The van der Waals surface area contributed by atoms with Gasteiger partial charge in [0.15, 0.2) is 16.9 Å². The summed E-state index contributed by atoms with van der Waals surface area (Å²) < 4.78 is 42.1. The highest BCUT2D eigenvalue weighted by Gasteiger charge is 2.46. The van der Waals surface area contributed by atoms with Gasteiger partial charge in [-0.3, -0.25) is 4.79 Å². The molecule has 0 unspecified atom stereocenters. The van der Waals surface area contributed by atoms with Gasteiger partial charge in [-0.1, -0.05) is 41.4 Å². The van der Waals surface area contributed by atoms with E-state index < -0.39 is 24.2 Å². The molecule has 1 aliphatic rings. The van der Waals surface area contributed by atoms with E-state index >= 15 is 0 Å². The molecule has 6 nitrogen and oxygen atoms in total. The molecule has 0 fully saturated rings. The smallest absolute Gasteiger partial charge is 0.363 e. The van der Waals surface area contributed by atoms with Gasteiger partial charge < -0.3 is 10.6 Å². The summed E-state index contributed by atoms with van der Waals surface area (Å²) in [5.41, 5.74) is 1.83. The molecule has 0 bridgehead atoms. The number of nitrogens with one attached hydrogen (secondary N) is 2. The molecule has 0 radical (unpaired) electrons. The first-order valence-corrected chi connectivity index (χ1v) is 9.51. The van der Waals surface area contributed by atoms with Gasteiger partial charge in [0.2, 0.25) is 0 Å². The summed E-state index contributed by atoms with van der Waals surface area (Å²) >= 11 is 5.93. The molecule has 4 rings (SSSR count). The molecule has 30 heavy (non-hydrogen) atoms. The van der Waals surface area contributed by atoms with E-state index in [0.29, 0.717) is 0 Å². The predicted molar refractivity (Wildman–Crippen MR) is 107 cm³/mol. The molecule has 3 heterocycles. The summed E-state index contributed by atoms with van der Waals surface area (Å²) in [6, 6.07) is 9.28. The highest BCUT2D eigenvalue weighted by molar-refractivity contribution is 6.32. The fourth-order valence-corrected chi connectivity index (χ4v) is 3.53. The van der Waals surface area contributed by atoms with Crippen molar-refractivity contribution in [1.29, 1.82) is 0 Å². The monoisotopic (exact) mass is 435 g/mol. The predicted octanol–water partition coefficient (Wildman–Crippen LogP) is 5.15. The van der Waals surface area contributed by atoms with Crippen LogP contribution in [0.15, 0.2) is 48.7 Å². The van der Waals surface area contributed by atoms with Gasteiger partial charge in [0.1, 0.15) is 5.82 Å². The number of anilines is 2. The van der Waals surface area contributed by atoms with Gasteiger partial charge in [0.25, 0.3) is 5.91 Å². The van der Waals surface area contributed by atoms with Gasteiger partial charge >= 0.3 is 6.18 Å². The van der Waals surface area contributed by atoms with Crippen molar-refractivity contribution in [2.45, 2.75) is 31.6 Å². The molecule has 156 valence electrons. The normalized spacial score (nSPS) is 18.4. The van der Waals surface area contributed by atoms with Crippen LogP contribution in [-0.4, -0.2) is 26.8 Å². The van der Waals surface area contributed by atoms with E-state index in [1.807, 2.05) is 19.1 Å². The Morgan fingerprint density at radius 1 is 1.27 bits per heavy atom. The Hall–Kier alpha value is -3.07. The SMILES string of the molecule is Cc1ccc([C@@H]2C[C@@H](C(F)(F)F)n3nc(C(=O)Nc4cccnc4Cl)cc3N2)cc1. The maximum absolute atomic E-state index is 13.8. The Morgan fingerprint density at radius 2 is 2.00 bits per heavy atom. The number of alkyl halides is 3. The highest BCUT2D eigenvalue weighted by atomic mass is 35.5. The Balaban J connectivity index is 1.65. The van der Waals surface area contributed by atoms with Crippen molar-refractivity contribution in [2.24, 2.45) is 0 Å². The first-order valence-electron chi connectivity index (χ1n) is 9.13. The summed E-state index contributed by atoms with van der Waals surface area (Å²) in [6.07, 6.45) is -3.31. The highest BCUT2D eigenvalue weighted by Crippen LogP contribution is 2.43. The third-order valence-electron chi connectivity index (χ3n) is 4.91. The summed E-state index contributed by atoms with van der Waals surface area (Å²) in [5, 5.41) is 9.58. The van der Waals surface area contributed by atoms with Crippen LogP contribution in [0.25, 0.3) is 0 Å². The molecule has 2 atom stereocenters. The largest absolute Gasteiger partial charge is 0.410 e. The molecule has 0 aliphatic carbocycles. The summed E-state index contributed by atoms with van der Waals surface area (Å²) in [6.45, 7) is 1.91. The third-order valence-corrected chi connectivity index (χ3v) is 5.21. The van der Waals surface area contributed by atoms with Gasteiger partial charge in [0, 0.05) is 18.7 Å². The third kappa shape index (κ3) is 3.97.